The lowest BCUT2D eigenvalue weighted by atomic mass is 10.1. The molecule has 0 saturated heterocycles. The zero-order valence-electron chi connectivity index (χ0n) is 23.8. The third-order valence-electron chi connectivity index (χ3n) is 8.55. The van der Waals surface area contributed by atoms with Gasteiger partial charge in [0, 0.05) is 33.0 Å². The minimum atomic E-state index is 0.706. The standard InChI is InChI=1S/C40H26N4/c1-4-15-28(16-5-1)36-35(26-41-40(42-36)29-17-6-2-7-18-29)44-37-31-21-11-10-14-27(31)24-25-33(37)39-38(44)32-22-12-13-23-34(32)43(39)30-19-8-3-9-20-30/h1-26H. The van der Waals surface area contributed by atoms with E-state index in [1.54, 1.807) is 0 Å². The van der Waals surface area contributed by atoms with Gasteiger partial charge in [0.1, 0.15) is 0 Å². The zero-order chi connectivity index (χ0) is 29.0. The Kier molecular flexibility index (Phi) is 5.47. The zero-order valence-corrected chi connectivity index (χ0v) is 23.8. The fourth-order valence-corrected chi connectivity index (χ4v) is 6.66. The molecule has 3 heterocycles. The van der Waals surface area contributed by atoms with Crippen molar-refractivity contribution in [3.63, 3.8) is 0 Å². The Morgan fingerprint density at radius 3 is 1.82 bits per heavy atom. The molecule has 0 unspecified atom stereocenters. The van der Waals surface area contributed by atoms with Crippen LogP contribution in [0.25, 0.3) is 77.6 Å². The molecule has 0 N–H and O–H groups in total. The van der Waals surface area contributed by atoms with Crippen molar-refractivity contribution in [3.8, 4) is 34.0 Å². The lowest BCUT2D eigenvalue weighted by Crippen LogP contribution is -2.03. The molecule has 0 atom stereocenters. The minimum absolute atomic E-state index is 0.706. The van der Waals surface area contributed by atoms with Gasteiger partial charge in [-0.1, -0.05) is 133 Å². The molecule has 0 spiro atoms. The van der Waals surface area contributed by atoms with Crippen LogP contribution in [0.3, 0.4) is 0 Å². The van der Waals surface area contributed by atoms with Crippen LogP contribution in [0, 0.1) is 0 Å². The Morgan fingerprint density at radius 2 is 1.05 bits per heavy atom. The molecule has 4 nitrogen and oxygen atoms in total. The van der Waals surface area contributed by atoms with Gasteiger partial charge in [0.15, 0.2) is 5.82 Å². The molecule has 0 aliphatic heterocycles. The molecule has 0 fully saturated rings. The molecule has 0 aliphatic carbocycles. The van der Waals surface area contributed by atoms with Crippen LogP contribution >= 0.6 is 0 Å². The van der Waals surface area contributed by atoms with Gasteiger partial charge >= 0.3 is 0 Å². The highest BCUT2D eigenvalue weighted by molar-refractivity contribution is 6.24. The van der Waals surface area contributed by atoms with Crippen LogP contribution in [0.1, 0.15) is 0 Å². The van der Waals surface area contributed by atoms with Crippen molar-refractivity contribution in [2.75, 3.05) is 0 Å². The number of para-hydroxylation sites is 2. The minimum Gasteiger partial charge on any atom is -0.307 e. The molecular formula is C40H26N4. The van der Waals surface area contributed by atoms with Crippen LogP contribution in [0.15, 0.2) is 158 Å². The van der Waals surface area contributed by atoms with Crippen LogP contribution in [-0.4, -0.2) is 19.1 Å². The van der Waals surface area contributed by atoms with Crippen LogP contribution < -0.4 is 0 Å². The Balaban J connectivity index is 1.50. The monoisotopic (exact) mass is 562 g/mol. The lowest BCUT2D eigenvalue weighted by Gasteiger charge is -2.15. The fourth-order valence-electron chi connectivity index (χ4n) is 6.66. The van der Waals surface area contributed by atoms with Gasteiger partial charge < -0.3 is 9.13 Å². The summed E-state index contributed by atoms with van der Waals surface area (Å²) < 4.78 is 4.81. The highest BCUT2D eigenvalue weighted by Gasteiger charge is 2.25. The Morgan fingerprint density at radius 1 is 0.432 bits per heavy atom. The molecular weight excluding hydrogens is 536 g/mol. The van der Waals surface area contributed by atoms with Crippen molar-refractivity contribution >= 4 is 43.6 Å². The van der Waals surface area contributed by atoms with Crippen molar-refractivity contribution in [3.05, 3.63) is 158 Å². The molecule has 206 valence electrons. The van der Waals surface area contributed by atoms with Gasteiger partial charge in [-0.25, -0.2) is 9.97 Å². The maximum Gasteiger partial charge on any atom is 0.159 e. The largest absolute Gasteiger partial charge is 0.307 e. The Bertz CT molecular complexity index is 2470. The van der Waals surface area contributed by atoms with Crippen molar-refractivity contribution < 1.29 is 0 Å². The number of aromatic nitrogens is 4. The van der Waals surface area contributed by atoms with E-state index in [-0.39, 0.29) is 0 Å². The van der Waals surface area contributed by atoms with Gasteiger partial charge in [-0.05, 0) is 23.6 Å². The summed E-state index contributed by atoms with van der Waals surface area (Å²) >= 11 is 0. The molecule has 9 rings (SSSR count). The summed E-state index contributed by atoms with van der Waals surface area (Å²) in [5.74, 6) is 0.706. The summed E-state index contributed by atoms with van der Waals surface area (Å²) in [4.78, 5) is 10.3. The second-order valence-electron chi connectivity index (χ2n) is 11.1. The topological polar surface area (TPSA) is 35.6 Å². The van der Waals surface area contributed by atoms with Crippen molar-refractivity contribution in [1.29, 1.82) is 0 Å². The van der Waals surface area contributed by atoms with Crippen molar-refractivity contribution in [2.24, 2.45) is 0 Å². The first kappa shape index (κ1) is 24.6. The summed E-state index contributed by atoms with van der Waals surface area (Å²) in [5.41, 5.74) is 9.63. The Hall–Kier alpha value is -6.00. The van der Waals surface area contributed by atoms with Gasteiger partial charge in [-0.2, -0.15) is 0 Å². The van der Waals surface area contributed by atoms with E-state index in [1.807, 2.05) is 30.5 Å². The van der Waals surface area contributed by atoms with E-state index < -0.39 is 0 Å². The Labute approximate surface area is 254 Å². The van der Waals surface area contributed by atoms with Gasteiger partial charge in [-0.15, -0.1) is 0 Å². The van der Waals surface area contributed by atoms with Gasteiger partial charge in [-0.3, -0.25) is 0 Å². The molecule has 0 radical (unpaired) electrons. The van der Waals surface area contributed by atoms with E-state index in [9.17, 15) is 0 Å². The molecule has 0 bridgehead atoms. The highest BCUT2D eigenvalue weighted by Crippen LogP contribution is 2.44. The number of nitrogens with zero attached hydrogens (tertiary/aromatic N) is 4. The smallest absolute Gasteiger partial charge is 0.159 e. The molecule has 0 saturated carbocycles. The average molecular weight is 563 g/mol. The molecule has 6 aromatic carbocycles. The van der Waals surface area contributed by atoms with Crippen molar-refractivity contribution in [2.45, 2.75) is 0 Å². The molecule has 0 aliphatic rings. The normalized spacial score (nSPS) is 11.6. The fraction of sp³-hybridized carbons (Fsp3) is 0. The quantitative estimate of drug-likeness (QED) is 0.214. The first-order valence-electron chi connectivity index (χ1n) is 14.9. The third-order valence-corrected chi connectivity index (χ3v) is 8.55. The number of benzene rings is 6. The van der Waals surface area contributed by atoms with Gasteiger partial charge in [0.25, 0.3) is 0 Å². The average Bonchev–Trinajstić information content (AvgIpc) is 3.62. The number of hydrogen-bond donors (Lipinski definition) is 0. The summed E-state index contributed by atoms with van der Waals surface area (Å²) in [5, 5.41) is 4.75. The molecule has 9 aromatic rings. The number of fused-ring (bicyclic) bond motifs is 7. The van der Waals surface area contributed by atoms with Gasteiger partial charge in [0.2, 0.25) is 0 Å². The maximum atomic E-state index is 5.27. The SMILES string of the molecule is c1ccc(-c2ncc(-n3c4c5ccccc5ccc4c4c3c3ccccc3n4-c3ccccc3)c(-c3ccccc3)n2)cc1. The molecule has 0 amide bonds. The second kappa shape index (κ2) is 9.79. The summed E-state index contributed by atoms with van der Waals surface area (Å²) in [6, 6.07) is 53.2. The second-order valence-corrected chi connectivity index (χ2v) is 11.1. The highest BCUT2D eigenvalue weighted by atomic mass is 15.1. The lowest BCUT2D eigenvalue weighted by molar-refractivity contribution is 1.09. The third kappa shape index (κ3) is 3.64. The molecule has 44 heavy (non-hydrogen) atoms. The molecule has 3 aromatic heterocycles. The predicted molar refractivity (Wildman–Crippen MR) is 182 cm³/mol. The van der Waals surface area contributed by atoms with E-state index in [0.717, 1.165) is 44.7 Å². The molecule has 4 heteroatoms. The van der Waals surface area contributed by atoms with Crippen molar-refractivity contribution in [1.82, 2.24) is 19.1 Å². The number of rotatable bonds is 4. The van der Waals surface area contributed by atoms with Crippen LogP contribution in [0.2, 0.25) is 0 Å². The summed E-state index contributed by atoms with van der Waals surface area (Å²) in [7, 11) is 0. The summed E-state index contributed by atoms with van der Waals surface area (Å²) in [6.07, 6.45) is 2.01. The van der Waals surface area contributed by atoms with E-state index >= 15 is 0 Å². The maximum absolute atomic E-state index is 5.27. The van der Waals surface area contributed by atoms with E-state index in [0.29, 0.717) is 5.82 Å². The van der Waals surface area contributed by atoms with Crippen LogP contribution in [-0.2, 0) is 0 Å². The predicted octanol–water partition coefficient (Wildman–Crippen LogP) is 10.0. The first-order chi connectivity index (χ1) is 21.9. The van der Waals surface area contributed by atoms with E-state index in [2.05, 4.69) is 137 Å². The van der Waals surface area contributed by atoms with E-state index in [1.165, 1.54) is 27.1 Å². The van der Waals surface area contributed by atoms with E-state index in [4.69, 9.17) is 9.97 Å². The van der Waals surface area contributed by atoms with Crippen LogP contribution in [0.4, 0.5) is 0 Å². The van der Waals surface area contributed by atoms with Crippen LogP contribution in [0.5, 0.6) is 0 Å². The van der Waals surface area contributed by atoms with Gasteiger partial charge in [0.05, 0.1) is 39.6 Å². The number of hydrogen-bond acceptors (Lipinski definition) is 2. The first-order valence-corrected chi connectivity index (χ1v) is 14.9. The summed E-state index contributed by atoms with van der Waals surface area (Å²) in [6.45, 7) is 0.